The Morgan fingerprint density at radius 1 is 1.73 bits per heavy atom. The van der Waals surface area contributed by atoms with Crippen LogP contribution < -0.4 is 5.32 Å². The van der Waals surface area contributed by atoms with Crippen molar-refractivity contribution in [3.63, 3.8) is 0 Å². The maximum atomic E-state index is 10.4. The van der Waals surface area contributed by atoms with Gasteiger partial charge in [-0.3, -0.25) is 4.79 Å². The van der Waals surface area contributed by atoms with Crippen LogP contribution >= 0.6 is 11.3 Å². The van der Waals surface area contributed by atoms with Crippen LogP contribution in [-0.2, 0) is 11.2 Å². The van der Waals surface area contributed by atoms with Crippen molar-refractivity contribution in [3.05, 3.63) is 16.1 Å². The van der Waals surface area contributed by atoms with E-state index >= 15 is 0 Å². The fourth-order valence-electron chi connectivity index (χ4n) is 1.30. The van der Waals surface area contributed by atoms with Crippen molar-refractivity contribution in [1.82, 2.24) is 10.3 Å². The van der Waals surface area contributed by atoms with Crippen LogP contribution in [0.1, 0.15) is 24.0 Å². The van der Waals surface area contributed by atoms with Crippen LogP contribution in [0.25, 0.3) is 0 Å². The summed E-state index contributed by atoms with van der Waals surface area (Å²) in [7, 11) is 0. The highest BCUT2D eigenvalue weighted by Crippen LogP contribution is 2.07. The molecule has 0 saturated heterocycles. The molecule has 0 radical (unpaired) electrons. The molecule has 0 aliphatic carbocycles. The van der Waals surface area contributed by atoms with Crippen molar-refractivity contribution in [2.75, 3.05) is 6.54 Å². The maximum absolute atomic E-state index is 10.4. The van der Waals surface area contributed by atoms with Crippen molar-refractivity contribution in [2.45, 2.75) is 32.7 Å². The minimum absolute atomic E-state index is 0.0160. The first-order chi connectivity index (χ1) is 7.08. The van der Waals surface area contributed by atoms with E-state index in [2.05, 4.69) is 10.3 Å². The number of nitrogens with one attached hydrogen (secondary N) is 1. The Bertz CT molecular complexity index is 325. The highest BCUT2D eigenvalue weighted by molar-refractivity contribution is 7.09. The second kappa shape index (κ2) is 5.82. The summed E-state index contributed by atoms with van der Waals surface area (Å²) in [6, 6.07) is 0.0160. The quantitative estimate of drug-likeness (QED) is 0.773. The van der Waals surface area contributed by atoms with Crippen LogP contribution in [0.3, 0.4) is 0 Å². The Morgan fingerprint density at radius 3 is 3.00 bits per heavy atom. The molecule has 84 valence electrons. The largest absolute Gasteiger partial charge is 0.481 e. The molecule has 0 aliphatic rings. The normalized spacial score (nSPS) is 12.7. The third-order valence-electron chi connectivity index (χ3n) is 2.02. The predicted octanol–water partition coefficient (Wildman–Crippen LogP) is 1.45. The summed E-state index contributed by atoms with van der Waals surface area (Å²) in [5, 5.41) is 14.8. The van der Waals surface area contributed by atoms with E-state index in [1.54, 1.807) is 11.3 Å². The lowest BCUT2D eigenvalue weighted by Crippen LogP contribution is -2.30. The second-order valence-corrected chi connectivity index (χ2v) is 4.62. The summed E-state index contributed by atoms with van der Waals surface area (Å²) in [6.45, 7) is 4.63. The topological polar surface area (TPSA) is 62.2 Å². The number of carboxylic acid groups (broad SMARTS) is 1. The molecule has 4 nitrogen and oxygen atoms in total. The van der Waals surface area contributed by atoms with Crippen molar-refractivity contribution < 1.29 is 9.90 Å². The van der Waals surface area contributed by atoms with Gasteiger partial charge in [0.2, 0.25) is 0 Å². The van der Waals surface area contributed by atoms with E-state index in [0.717, 1.165) is 23.7 Å². The van der Waals surface area contributed by atoms with E-state index in [-0.39, 0.29) is 12.5 Å². The zero-order chi connectivity index (χ0) is 11.3. The zero-order valence-electron chi connectivity index (χ0n) is 8.99. The molecule has 2 N–H and O–H groups in total. The summed E-state index contributed by atoms with van der Waals surface area (Å²) in [5.74, 6) is -0.764. The minimum atomic E-state index is -0.764. The lowest BCUT2D eigenvalue weighted by Gasteiger charge is -2.09. The first-order valence-corrected chi connectivity index (χ1v) is 5.82. The smallest absolute Gasteiger partial charge is 0.304 e. The average Bonchev–Trinajstić information content (AvgIpc) is 2.50. The molecule has 0 bridgehead atoms. The molecule has 15 heavy (non-hydrogen) atoms. The van der Waals surface area contributed by atoms with E-state index in [9.17, 15) is 4.79 Å². The number of carboxylic acids is 1. The van der Waals surface area contributed by atoms with Gasteiger partial charge in [-0.05, 0) is 13.8 Å². The highest BCUT2D eigenvalue weighted by Gasteiger charge is 2.06. The molecule has 0 saturated carbocycles. The predicted molar refractivity (Wildman–Crippen MR) is 60.3 cm³/mol. The molecule has 0 amide bonds. The van der Waals surface area contributed by atoms with Gasteiger partial charge < -0.3 is 10.4 Å². The van der Waals surface area contributed by atoms with Crippen molar-refractivity contribution in [2.24, 2.45) is 0 Å². The highest BCUT2D eigenvalue weighted by atomic mass is 32.1. The number of thiazole rings is 1. The molecule has 1 unspecified atom stereocenters. The Morgan fingerprint density at radius 2 is 2.47 bits per heavy atom. The van der Waals surface area contributed by atoms with Gasteiger partial charge in [0.25, 0.3) is 0 Å². The van der Waals surface area contributed by atoms with Gasteiger partial charge in [0.05, 0.1) is 17.1 Å². The molecular formula is C10H16N2O2S. The minimum Gasteiger partial charge on any atom is -0.481 e. The zero-order valence-corrected chi connectivity index (χ0v) is 9.80. The molecule has 0 spiro atoms. The standard InChI is InChI=1S/C10H16N2O2S/c1-7(5-10(13)14)11-4-3-9-6-15-8(2)12-9/h6-7,11H,3-5H2,1-2H3,(H,13,14). The molecule has 0 aliphatic heterocycles. The van der Waals surface area contributed by atoms with Gasteiger partial charge in [-0.2, -0.15) is 0 Å². The molecule has 1 atom stereocenters. The van der Waals surface area contributed by atoms with Gasteiger partial charge in [0, 0.05) is 24.4 Å². The summed E-state index contributed by atoms with van der Waals surface area (Å²) < 4.78 is 0. The van der Waals surface area contributed by atoms with Crippen molar-refractivity contribution in [3.8, 4) is 0 Å². The summed E-state index contributed by atoms with van der Waals surface area (Å²) in [5.41, 5.74) is 1.08. The summed E-state index contributed by atoms with van der Waals surface area (Å²) >= 11 is 1.64. The molecule has 1 aromatic heterocycles. The first kappa shape index (κ1) is 12.1. The maximum Gasteiger partial charge on any atom is 0.304 e. The van der Waals surface area contributed by atoms with Crippen LogP contribution in [-0.4, -0.2) is 28.6 Å². The van der Waals surface area contributed by atoms with Gasteiger partial charge in [0.1, 0.15) is 0 Å². The lowest BCUT2D eigenvalue weighted by atomic mass is 10.2. The van der Waals surface area contributed by atoms with Gasteiger partial charge in [0.15, 0.2) is 0 Å². The van der Waals surface area contributed by atoms with E-state index in [0.29, 0.717) is 0 Å². The van der Waals surface area contributed by atoms with Gasteiger partial charge >= 0.3 is 5.97 Å². The Labute approximate surface area is 93.4 Å². The monoisotopic (exact) mass is 228 g/mol. The molecule has 1 rings (SSSR count). The van der Waals surface area contributed by atoms with Crippen molar-refractivity contribution >= 4 is 17.3 Å². The molecule has 1 aromatic rings. The Balaban J connectivity index is 2.18. The molecule has 0 fully saturated rings. The van der Waals surface area contributed by atoms with Gasteiger partial charge in [-0.1, -0.05) is 0 Å². The fourth-order valence-corrected chi connectivity index (χ4v) is 1.95. The number of aromatic nitrogens is 1. The fraction of sp³-hybridized carbons (Fsp3) is 0.600. The van der Waals surface area contributed by atoms with Crippen LogP contribution in [0.5, 0.6) is 0 Å². The second-order valence-electron chi connectivity index (χ2n) is 3.56. The SMILES string of the molecule is Cc1nc(CCNC(C)CC(=O)O)cs1. The number of aliphatic carboxylic acids is 1. The summed E-state index contributed by atoms with van der Waals surface area (Å²) in [6.07, 6.45) is 1.02. The number of hydrogen-bond donors (Lipinski definition) is 2. The van der Waals surface area contributed by atoms with Crippen molar-refractivity contribution in [1.29, 1.82) is 0 Å². The number of rotatable bonds is 6. The molecule has 0 aromatic carbocycles. The third-order valence-corrected chi connectivity index (χ3v) is 2.84. The van der Waals surface area contributed by atoms with E-state index in [1.807, 2.05) is 19.2 Å². The third kappa shape index (κ3) is 4.90. The molecule has 5 heteroatoms. The van der Waals surface area contributed by atoms with Gasteiger partial charge in [-0.25, -0.2) is 4.98 Å². The summed E-state index contributed by atoms with van der Waals surface area (Å²) in [4.78, 5) is 14.7. The van der Waals surface area contributed by atoms with Gasteiger partial charge in [-0.15, -0.1) is 11.3 Å². The van der Waals surface area contributed by atoms with E-state index in [1.165, 1.54) is 0 Å². The van der Waals surface area contributed by atoms with Crippen LogP contribution in [0.2, 0.25) is 0 Å². The number of aryl methyl sites for hydroxylation is 1. The number of carbonyl (C=O) groups is 1. The van der Waals surface area contributed by atoms with Crippen LogP contribution in [0.4, 0.5) is 0 Å². The Kier molecular flexibility index (Phi) is 4.71. The van der Waals surface area contributed by atoms with E-state index in [4.69, 9.17) is 5.11 Å². The lowest BCUT2D eigenvalue weighted by molar-refractivity contribution is -0.137. The first-order valence-electron chi connectivity index (χ1n) is 4.94. The number of nitrogens with zero attached hydrogens (tertiary/aromatic N) is 1. The van der Waals surface area contributed by atoms with Crippen LogP contribution in [0, 0.1) is 6.92 Å². The number of hydrogen-bond acceptors (Lipinski definition) is 4. The van der Waals surface area contributed by atoms with Crippen LogP contribution in [0.15, 0.2) is 5.38 Å². The Hall–Kier alpha value is -0.940. The van der Waals surface area contributed by atoms with E-state index < -0.39 is 5.97 Å². The average molecular weight is 228 g/mol. The molecular weight excluding hydrogens is 212 g/mol. The molecule has 1 heterocycles.